The fraction of sp³-hybridized carbons (Fsp3) is 0.562. The zero-order chi connectivity index (χ0) is 16.8. The maximum atomic E-state index is 12.5. The van der Waals surface area contributed by atoms with Crippen molar-refractivity contribution < 1.29 is 9.72 Å². The van der Waals surface area contributed by atoms with Crippen molar-refractivity contribution in [3.8, 4) is 0 Å². The van der Waals surface area contributed by atoms with Crippen LogP contribution in [0.4, 0.5) is 11.4 Å². The van der Waals surface area contributed by atoms with Crippen LogP contribution >= 0.6 is 0 Å². The summed E-state index contributed by atoms with van der Waals surface area (Å²) in [6.45, 7) is 2.58. The summed E-state index contributed by atoms with van der Waals surface area (Å²) < 4.78 is 0. The van der Waals surface area contributed by atoms with E-state index in [0.29, 0.717) is 11.6 Å². The highest BCUT2D eigenvalue weighted by Gasteiger charge is 2.25. The Bertz CT molecular complexity index is 562. The van der Waals surface area contributed by atoms with Crippen molar-refractivity contribution in [3.63, 3.8) is 0 Å². The molecule has 0 spiro atoms. The number of likely N-dealkylation sites (N-methyl/N-ethyl adjacent to an activating group) is 1. The predicted octanol–water partition coefficient (Wildman–Crippen LogP) is 1.49. The van der Waals surface area contributed by atoms with Gasteiger partial charge >= 0.3 is 0 Å². The van der Waals surface area contributed by atoms with Gasteiger partial charge in [-0.25, -0.2) is 0 Å². The number of hydrogen-bond acceptors (Lipinski definition) is 5. The van der Waals surface area contributed by atoms with E-state index in [2.05, 4.69) is 5.32 Å². The second kappa shape index (κ2) is 7.92. The molecule has 1 aliphatic rings. The minimum absolute atomic E-state index is 0.0199. The quantitative estimate of drug-likeness (QED) is 0.634. The number of rotatable bonds is 6. The maximum absolute atomic E-state index is 12.5. The number of para-hydroxylation sites is 2. The lowest BCUT2D eigenvalue weighted by Gasteiger charge is -2.34. The summed E-state index contributed by atoms with van der Waals surface area (Å²) >= 11 is 0. The Morgan fingerprint density at radius 1 is 1.48 bits per heavy atom. The van der Waals surface area contributed by atoms with Crippen molar-refractivity contribution in [3.05, 3.63) is 34.4 Å². The fourth-order valence-electron chi connectivity index (χ4n) is 3.08. The second-order valence-corrected chi connectivity index (χ2v) is 6.01. The number of carbonyl (C=O) groups is 1. The summed E-state index contributed by atoms with van der Waals surface area (Å²) in [6.07, 6.45) is 2.14. The van der Waals surface area contributed by atoms with Crippen LogP contribution in [0.25, 0.3) is 0 Å². The highest BCUT2D eigenvalue weighted by molar-refractivity contribution is 5.82. The third-order valence-corrected chi connectivity index (χ3v) is 4.23. The molecular formula is C16H24N4O3. The molecule has 7 nitrogen and oxygen atoms in total. The molecule has 0 saturated carbocycles. The smallest absolute Gasteiger partial charge is 0.292 e. The van der Waals surface area contributed by atoms with Gasteiger partial charge in [0.2, 0.25) is 5.91 Å². The van der Waals surface area contributed by atoms with Crippen LogP contribution in [0.5, 0.6) is 0 Å². The molecule has 0 aliphatic carbocycles. The number of hydrogen-bond donors (Lipinski definition) is 1. The number of nitrogens with one attached hydrogen (secondary N) is 1. The molecule has 1 saturated heterocycles. The zero-order valence-corrected chi connectivity index (χ0v) is 13.7. The van der Waals surface area contributed by atoms with Gasteiger partial charge in [-0.05, 0) is 38.4 Å². The Hall–Kier alpha value is -2.15. The van der Waals surface area contributed by atoms with Crippen LogP contribution in [0.2, 0.25) is 0 Å². The summed E-state index contributed by atoms with van der Waals surface area (Å²) in [5.41, 5.74) is 0.490. The number of benzene rings is 1. The topological polar surface area (TPSA) is 78.7 Å². The van der Waals surface area contributed by atoms with E-state index < -0.39 is 4.92 Å². The van der Waals surface area contributed by atoms with Crippen molar-refractivity contribution in [2.24, 2.45) is 5.92 Å². The average molecular weight is 320 g/mol. The Balaban J connectivity index is 2.01. The number of amides is 1. The van der Waals surface area contributed by atoms with E-state index in [4.69, 9.17) is 0 Å². The first-order valence-electron chi connectivity index (χ1n) is 7.90. The molecule has 0 bridgehead atoms. The number of piperidine rings is 1. The highest BCUT2D eigenvalue weighted by atomic mass is 16.6. The summed E-state index contributed by atoms with van der Waals surface area (Å²) in [5, 5.41) is 14.3. The summed E-state index contributed by atoms with van der Waals surface area (Å²) in [6, 6.07) is 6.50. The zero-order valence-electron chi connectivity index (χ0n) is 13.7. The minimum Gasteiger partial charge on any atom is -0.360 e. The van der Waals surface area contributed by atoms with Crippen molar-refractivity contribution in [1.29, 1.82) is 0 Å². The van der Waals surface area contributed by atoms with Crippen molar-refractivity contribution in [1.82, 2.24) is 10.2 Å². The van der Waals surface area contributed by atoms with Crippen LogP contribution in [0, 0.1) is 16.0 Å². The van der Waals surface area contributed by atoms with Crippen molar-refractivity contribution >= 4 is 17.3 Å². The van der Waals surface area contributed by atoms with Gasteiger partial charge in [0.25, 0.3) is 5.69 Å². The van der Waals surface area contributed by atoms with E-state index in [0.717, 1.165) is 32.5 Å². The minimum atomic E-state index is -0.417. The SMILES string of the molecule is CNCC1CCCN(C(=O)CN(C)c2ccccc2[N+](=O)[O-])C1. The van der Waals surface area contributed by atoms with Crippen LogP contribution in [0.15, 0.2) is 24.3 Å². The Kier molecular flexibility index (Phi) is 5.92. The number of nitro benzene ring substituents is 1. The van der Waals surface area contributed by atoms with E-state index in [9.17, 15) is 14.9 Å². The third-order valence-electron chi connectivity index (χ3n) is 4.23. The van der Waals surface area contributed by atoms with Gasteiger partial charge in [0.15, 0.2) is 0 Å². The number of anilines is 1. The summed E-state index contributed by atoms with van der Waals surface area (Å²) in [5.74, 6) is 0.500. The van der Waals surface area contributed by atoms with Crippen LogP contribution < -0.4 is 10.2 Å². The van der Waals surface area contributed by atoms with Gasteiger partial charge in [0, 0.05) is 26.2 Å². The molecule has 1 aromatic rings. The molecule has 1 aliphatic heterocycles. The Morgan fingerprint density at radius 2 is 2.22 bits per heavy atom. The molecule has 1 atom stereocenters. The van der Waals surface area contributed by atoms with Gasteiger partial charge in [-0.1, -0.05) is 12.1 Å². The predicted molar refractivity (Wildman–Crippen MR) is 89.6 cm³/mol. The molecule has 1 amide bonds. The van der Waals surface area contributed by atoms with Gasteiger partial charge in [0.1, 0.15) is 5.69 Å². The summed E-state index contributed by atoms with van der Waals surface area (Å²) in [4.78, 5) is 26.7. The Morgan fingerprint density at radius 3 is 2.91 bits per heavy atom. The molecule has 1 unspecified atom stereocenters. The van der Waals surface area contributed by atoms with Crippen molar-refractivity contribution in [2.75, 3.05) is 45.2 Å². The van der Waals surface area contributed by atoms with Crippen LogP contribution in [0.3, 0.4) is 0 Å². The van der Waals surface area contributed by atoms with E-state index in [-0.39, 0.29) is 18.1 Å². The largest absolute Gasteiger partial charge is 0.360 e. The van der Waals surface area contributed by atoms with Gasteiger partial charge < -0.3 is 15.1 Å². The lowest BCUT2D eigenvalue weighted by atomic mass is 9.98. The number of nitrogens with zero attached hydrogens (tertiary/aromatic N) is 3. The first kappa shape index (κ1) is 17.2. The molecule has 0 radical (unpaired) electrons. The lowest BCUT2D eigenvalue weighted by molar-refractivity contribution is -0.384. The number of likely N-dealkylation sites (tertiary alicyclic amines) is 1. The van der Waals surface area contributed by atoms with E-state index in [1.165, 1.54) is 6.07 Å². The van der Waals surface area contributed by atoms with Gasteiger partial charge in [-0.3, -0.25) is 14.9 Å². The molecule has 126 valence electrons. The molecule has 1 aromatic carbocycles. The molecule has 1 heterocycles. The standard InChI is InChI=1S/C16H24N4O3/c1-17-10-13-6-5-9-19(11-13)16(21)12-18(2)14-7-3-4-8-15(14)20(22)23/h3-4,7-8,13,17H,5-6,9-12H2,1-2H3. The first-order chi connectivity index (χ1) is 11.0. The van der Waals surface area contributed by atoms with Crippen LogP contribution in [0.1, 0.15) is 12.8 Å². The summed E-state index contributed by atoms with van der Waals surface area (Å²) in [7, 11) is 3.64. The molecule has 7 heteroatoms. The van der Waals surface area contributed by atoms with E-state index in [1.807, 2.05) is 11.9 Å². The molecule has 23 heavy (non-hydrogen) atoms. The second-order valence-electron chi connectivity index (χ2n) is 6.01. The van der Waals surface area contributed by atoms with Crippen LogP contribution in [-0.2, 0) is 4.79 Å². The van der Waals surface area contributed by atoms with Gasteiger partial charge in [-0.2, -0.15) is 0 Å². The molecule has 1 N–H and O–H groups in total. The molecule has 1 fully saturated rings. The highest BCUT2D eigenvalue weighted by Crippen LogP contribution is 2.26. The Labute approximate surface area is 136 Å². The average Bonchev–Trinajstić information content (AvgIpc) is 2.55. The normalized spacial score (nSPS) is 17.8. The fourth-order valence-corrected chi connectivity index (χ4v) is 3.08. The molecule has 2 rings (SSSR count). The maximum Gasteiger partial charge on any atom is 0.292 e. The molecule has 0 aromatic heterocycles. The number of carbonyl (C=O) groups excluding carboxylic acids is 1. The van der Waals surface area contributed by atoms with E-state index >= 15 is 0 Å². The van der Waals surface area contributed by atoms with Gasteiger partial charge in [-0.15, -0.1) is 0 Å². The number of nitro groups is 1. The first-order valence-corrected chi connectivity index (χ1v) is 7.90. The van der Waals surface area contributed by atoms with Crippen molar-refractivity contribution in [2.45, 2.75) is 12.8 Å². The monoisotopic (exact) mass is 320 g/mol. The third kappa shape index (κ3) is 4.41. The molecular weight excluding hydrogens is 296 g/mol. The van der Waals surface area contributed by atoms with E-state index in [1.54, 1.807) is 30.1 Å². The lowest BCUT2D eigenvalue weighted by Crippen LogP contribution is -2.46. The van der Waals surface area contributed by atoms with Crippen LogP contribution in [-0.4, -0.2) is 56.0 Å². The van der Waals surface area contributed by atoms with Gasteiger partial charge in [0.05, 0.1) is 11.5 Å².